The first kappa shape index (κ1) is 16.1. The maximum atomic E-state index is 13.2. The normalized spacial score (nSPS) is 15.2. The van der Waals surface area contributed by atoms with E-state index in [1.54, 1.807) is 6.92 Å². The van der Waals surface area contributed by atoms with Gasteiger partial charge in [-0.2, -0.15) is 0 Å². The second-order valence-corrected chi connectivity index (χ2v) is 6.98. The third kappa shape index (κ3) is 4.01. The van der Waals surface area contributed by atoms with Gasteiger partial charge in [-0.3, -0.25) is 0 Å². The lowest BCUT2D eigenvalue weighted by atomic mass is 10.1. The Kier molecular flexibility index (Phi) is 5.94. The van der Waals surface area contributed by atoms with Gasteiger partial charge in [0.1, 0.15) is 5.82 Å². The van der Waals surface area contributed by atoms with Crippen LogP contribution in [0.4, 0.5) is 4.39 Å². The highest BCUT2D eigenvalue weighted by Gasteiger charge is 2.29. The molecule has 2 atom stereocenters. The van der Waals surface area contributed by atoms with Gasteiger partial charge in [0.15, 0.2) is 9.84 Å². The molecule has 0 saturated carbocycles. The fourth-order valence-corrected chi connectivity index (χ4v) is 3.74. The lowest BCUT2D eigenvalue weighted by Gasteiger charge is -2.24. The maximum absolute atomic E-state index is 13.2. The predicted octanol–water partition coefficient (Wildman–Crippen LogP) is 2.77. The van der Waals surface area contributed by atoms with Crippen LogP contribution in [0, 0.1) is 5.82 Å². The number of rotatable bonds is 7. The Labute approximate surface area is 115 Å². The zero-order chi connectivity index (χ0) is 14.5. The van der Waals surface area contributed by atoms with Crippen LogP contribution in [-0.4, -0.2) is 26.3 Å². The quantitative estimate of drug-likeness (QED) is 0.839. The second-order valence-electron chi connectivity index (χ2n) is 4.68. The summed E-state index contributed by atoms with van der Waals surface area (Å²) < 4.78 is 38.0. The average Bonchev–Trinajstić information content (AvgIpc) is 2.39. The van der Waals surface area contributed by atoms with Gasteiger partial charge in [-0.15, -0.1) is 0 Å². The van der Waals surface area contributed by atoms with Gasteiger partial charge in [0.25, 0.3) is 0 Å². The molecule has 3 nitrogen and oxygen atoms in total. The fraction of sp³-hybridized carbons (Fsp3) is 0.571. The van der Waals surface area contributed by atoms with E-state index in [-0.39, 0.29) is 10.9 Å². The van der Waals surface area contributed by atoms with Crippen molar-refractivity contribution in [3.63, 3.8) is 0 Å². The van der Waals surface area contributed by atoms with Crippen LogP contribution in [0.5, 0.6) is 0 Å². The first-order valence-electron chi connectivity index (χ1n) is 6.66. The summed E-state index contributed by atoms with van der Waals surface area (Å²) >= 11 is 0. The monoisotopic (exact) mass is 287 g/mol. The third-order valence-corrected chi connectivity index (χ3v) is 5.50. The fourth-order valence-electron chi connectivity index (χ4n) is 2.05. The van der Waals surface area contributed by atoms with Crippen molar-refractivity contribution in [1.82, 2.24) is 5.32 Å². The molecule has 2 unspecified atom stereocenters. The topological polar surface area (TPSA) is 46.2 Å². The van der Waals surface area contributed by atoms with Gasteiger partial charge in [-0.1, -0.05) is 19.9 Å². The lowest BCUT2D eigenvalue weighted by Crippen LogP contribution is -2.42. The van der Waals surface area contributed by atoms with Crippen LogP contribution in [0.25, 0.3) is 0 Å². The smallest absolute Gasteiger partial charge is 0.182 e. The molecule has 19 heavy (non-hydrogen) atoms. The first-order valence-corrected chi connectivity index (χ1v) is 8.21. The first-order chi connectivity index (χ1) is 8.93. The molecule has 108 valence electrons. The number of nitrogens with one attached hydrogen (secondary N) is 1. The Morgan fingerprint density at radius 3 is 2.53 bits per heavy atom. The van der Waals surface area contributed by atoms with Gasteiger partial charge in [0.05, 0.1) is 10.1 Å². The molecule has 5 heteroatoms. The molecule has 0 fully saturated rings. The van der Waals surface area contributed by atoms with Crippen LogP contribution in [0.2, 0.25) is 0 Å². The molecule has 0 aromatic heterocycles. The lowest BCUT2D eigenvalue weighted by molar-refractivity contribution is 0.471. The minimum absolute atomic E-state index is 0.0525. The van der Waals surface area contributed by atoms with Gasteiger partial charge in [-0.05, 0) is 44.5 Å². The molecule has 1 N–H and O–H groups in total. The second kappa shape index (κ2) is 7.01. The summed E-state index contributed by atoms with van der Waals surface area (Å²) in [5.41, 5.74) is 0. The van der Waals surface area contributed by atoms with E-state index in [9.17, 15) is 12.8 Å². The molecule has 0 radical (unpaired) electrons. The Hall–Kier alpha value is -0.940. The number of sulfone groups is 1. The number of hydrogen-bond acceptors (Lipinski definition) is 3. The van der Waals surface area contributed by atoms with Gasteiger partial charge in [0, 0.05) is 6.04 Å². The minimum Gasteiger partial charge on any atom is -0.313 e. The van der Waals surface area contributed by atoms with E-state index in [0.29, 0.717) is 0 Å². The van der Waals surface area contributed by atoms with Gasteiger partial charge >= 0.3 is 0 Å². The SMILES string of the molecule is CCCNC(CC)C(C)S(=O)(=O)c1cccc(F)c1. The molecule has 1 aromatic carbocycles. The Morgan fingerprint density at radius 2 is 2.00 bits per heavy atom. The Balaban J connectivity index is 2.98. The Bertz CT molecular complexity index is 502. The molecule has 0 aliphatic rings. The van der Waals surface area contributed by atoms with E-state index in [1.807, 2.05) is 13.8 Å². The number of halogens is 1. The van der Waals surface area contributed by atoms with Crippen molar-refractivity contribution in [2.75, 3.05) is 6.54 Å². The molecule has 0 saturated heterocycles. The molecule has 0 amide bonds. The van der Waals surface area contributed by atoms with E-state index in [0.717, 1.165) is 25.5 Å². The largest absolute Gasteiger partial charge is 0.313 e. The van der Waals surface area contributed by atoms with Gasteiger partial charge in [-0.25, -0.2) is 12.8 Å². The molecule has 0 aliphatic carbocycles. The molecule has 0 heterocycles. The third-order valence-electron chi connectivity index (χ3n) is 3.28. The summed E-state index contributed by atoms with van der Waals surface area (Å²) in [6, 6.07) is 5.08. The van der Waals surface area contributed by atoms with Crippen molar-refractivity contribution in [1.29, 1.82) is 0 Å². The molecule has 0 spiro atoms. The summed E-state index contributed by atoms with van der Waals surface area (Å²) in [6.45, 7) is 6.44. The zero-order valence-electron chi connectivity index (χ0n) is 11.7. The molecule has 1 rings (SSSR count). The highest BCUT2D eigenvalue weighted by molar-refractivity contribution is 7.92. The van der Waals surface area contributed by atoms with Crippen molar-refractivity contribution in [2.24, 2.45) is 0 Å². The minimum atomic E-state index is -3.51. The van der Waals surface area contributed by atoms with E-state index < -0.39 is 20.9 Å². The average molecular weight is 287 g/mol. The van der Waals surface area contributed by atoms with Crippen LogP contribution in [0.15, 0.2) is 29.2 Å². The van der Waals surface area contributed by atoms with Gasteiger partial charge in [0.2, 0.25) is 0 Å². The molecular formula is C14H22FNO2S. The van der Waals surface area contributed by atoms with Crippen LogP contribution in [0.3, 0.4) is 0 Å². The molecule has 1 aromatic rings. The molecule has 0 bridgehead atoms. The summed E-state index contributed by atoms with van der Waals surface area (Å²) in [6.07, 6.45) is 1.67. The van der Waals surface area contributed by atoms with E-state index in [4.69, 9.17) is 0 Å². The number of hydrogen-bond donors (Lipinski definition) is 1. The standard InChI is InChI=1S/C14H22FNO2S/c1-4-9-16-14(5-2)11(3)19(17,18)13-8-6-7-12(15)10-13/h6-8,10-11,14,16H,4-5,9H2,1-3H3. The summed E-state index contributed by atoms with van der Waals surface area (Å²) in [7, 11) is -3.51. The summed E-state index contributed by atoms with van der Waals surface area (Å²) in [4.78, 5) is 0.0525. The van der Waals surface area contributed by atoms with Crippen molar-refractivity contribution >= 4 is 9.84 Å². The summed E-state index contributed by atoms with van der Waals surface area (Å²) in [5.74, 6) is -0.525. The Morgan fingerprint density at radius 1 is 1.32 bits per heavy atom. The van der Waals surface area contributed by atoms with Crippen molar-refractivity contribution < 1.29 is 12.8 Å². The van der Waals surface area contributed by atoms with E-state index in [2.05, 4.69) is 5.32 Å². The maximum Gasteiger partial charge on any atom is 0.182 e. The van der Waals surface area contributed by atoms with Crippen LogP contribution >= 0.6 is 0 Å². The van der Waals surface area contributed by atoms with Crippen molar-refractivity contribution in [3.05, 3.63) is 30.1 Å². The van der Waals surface area contributed by atoms with Crippen LogP contribution < -0.4 is 5.32 Å². The molecular weight excluding hydrogens is 265 g/mol. The van der Waals surface area contributed by atoms with E-state index >= 15 is 0 Å². The zero-order valence-corrected chi connectivity index (χ0v) is 12.5. The predicted molar refractivity (Wildman–Crippen MR) is 75.4 cm³/mol. The highest BCUT2D eigenvalue weighted by Crippen LogP contribution is 2.20. The van der Waals surface area contributed by atoms with Crippen molar-refractivity contribution in [3.8, 4) is 0 Å². The van der Waals surface area contributed by atoms with Crippen LogP contribution in [0.1, 0.15) is 33.6 Å². The molecule has 0 aliphatic heterocycles. The van der Waals surface area contributed by atoms with Gasteiger partial charge < -0.3 is 5.32 Å². The summed E-state index contributed by atoms with van der Waals surface area (Å²) in [5, 5.41) is 2.66. The van der Waals surface area contributed by atoms with Crippen molar-refractivity contribution in [2.45, 2.75) is 49.8 Å². The van der Waals surface area contributed by atoms with Crippen LogP contribution in [-0.2, 0) is 9.84 Å². The van der Waals surface area contributed by atoms with E-state index in [1.165, 1.54) is 18.2 Å². The number of benzene rings is 1. The highest BCUT2D eigenvalue weighted by atomic mass is 32.2.